The number of rotatable bonds is 17. The Morgan fingerprint density at radius 3 is 2.11 bits per heavy atom. The molecule has 0 bridgehead atoms. The lowest BCUT2D eigenvalue weighted by atomic mass is 10.0. The maximum atomic E-state index is 14.4. The van der Waals surface area contributed by atoms with Gasteiger partial charge in [-0.05, 0) is 98.6 Å². The standard InChI is InChI=1S/C50H56N4O12/c1-5-18-64-48(58)52-29-33-22-32(31-10-12-34(60-3)13-11-31)28-51(33)45(55)36-24-44(66-35-14-15-35)43(25-38(36)52)63-21-9-7-8-20-62-42-26-39-37(23-41(42)61-4)46(56)53-30-50(16-17-50)27-40(53)47(57)54(39)49(59)65-19-6-2/h5-6,10-13,23-26,28,33,35,40,47,57H,1-2,7-9,14-22,27,29-30H2,3-4H3/t33-,40-,47?/m0/s1. The molecule has 66 heavy (non-hydrogen) atoms. The van der Waals surface area contributed by atoms with Gasteiger partial charge in [0.25, 0.3) is 11.8 Å². The smallest absolute Gasteiger partial charge is 0.416 e. The van der Waals surface area contributed by atoms with E-state index in [0.29, 0.717) is 79.5 Å². The SMILES string of the molecule is C=CCOC(=O)N1C[C@@H]2CC(c3ccc(OC)cc3)=CN2C(=O)c2cc(OC3CC3)c(OCCCCCOc3cc4c(cc3OC)C(=O)N3CC5(CC5)C[C@H]3C(O)N4C(=O)OCC=C)cc21. The minimum atomic E-state index is -1.33. The van der Waals surface area contributed by atoms with Crippen LogP contribution < -0.4 is 33.5 Å². The number of benzene rings is 3. The number of fused-ring (bicyclic) bond motifs is 4. The maximum absolute atomic E-state index is 14.4. The number of unbranched alkanes of at least 4 members (excludes halogenated alkanes) is 2. The average Bonchev–Trinajstić information content (AvgIpc) is 4.24. The van der Waals surface area contributed by atoms with Gasteiger partial charge in [0.1, 0.15) is 19.0 Å². The predicted molar refractivity (Wildman–Crippen MR) is 244 cm³/mol. The van der Waals surface area contributed by atoms with Crippen LogP contribution >= 0.6 is 0 Å². The van der Waals surface area contributed by atoms with Gasteiger partial charge in [-0.1, -0.05) is 37.4 Å². The van der Waals surface area contributed by atoms with Crippen LogP contribution in [0.15, 0.2) is 80.0 Å². The van der Waals surface area contributed by atoms with Crippen LogP contribution in [0.2, 0.25) is 0 Å². The zero-order chi connectivity index (χ0) is 46.1. The van der Waals surface area contributed by atoms with Gasteiger partial charge in [-0.15, -0.1) is 0 Å². The van der Waals surface area contributed by atoms with Gasteiger partial charge in [0.05, 0.1) is 74.7 Å². The Bertz CT molecular complexity index is 2430. The van der Waals surface area contributed by atoms with Crippen molar-refractivity contribution in [3.63, 3.8) is 0 Å². The lowest BCUT2D eigenvalue weighted by Gasteiger charge is -2.31. The van der Waals surface area contributed by atoms with Crippen molar-refractivity contribution in [2.45, 2.75) is 82.2 Å². The molecular formula is C50H56N4O12. The minimum Gasteiger partial charge on any atom is -0.497 e. The van der Waals surface area contributed by atoms with Crippen LogP contribution in [0, 0.1) is 5.41 Å². The summed E-state index contributed by atoms with van der Waals surface area (Å²) >= 11 is 0. The van der Waals surface area contributed by atoms with Gasteiger partial charge in [0.2, 0.25) is 0 Å². The van der Waals surface area contributed by atoms with Crippen molar-refractivity contribution in [1.29, 1.82) is 0 Å². The highest BCUT2D eigenvalue weighted by Gasteiger charge is 2.58. The lowest BCUT2D eigenvalue weighted by molar-refractivity contribution is 0.0496. The first-order valence-corrected chi connectivity index (χ1v) is 22.7. The van der Waals surface area contributed by atoms with Gasteiger partial charge in [-0.25, -0.2) is 14.5 Å². The highest BCUT2D eigenvalue weighted by atomic mass is 16.6. The van der Waals surface area contributed by atoms with Gasteiger partial charge < -0.3 is 48.1 Å². The van der Waals surface area contributed by atoms with E-state index in [9.17, 15) is 24.3 Å². The summed E-state index contributed by atoms with van der Waals surface area (Å²) in [6, 6.07) is 13.3. The molecule has 1 unspecified atom stereocenters. The number of carbonyl (C=O) groups is 4. The molecule has 16 heteroatoms. The molecule has 1 N–H and O–H groups in total. The summed E-state index contributed by atoms with van der Waals surface area (Å²) < 4.78 is 40.9. The van der Waals surface area contributed by atoms with E-state index in [1.165, 1.54) is 24.2 Å². The molecule has 0 aromatic heterocycles. The Hall–Kier alpha value is -6.68. The molecule has 3 aromatic rings. The topological polar surface area (TPSA) is 166 Å². The van der Waals surface area contributed by atoms with Crippen molar-refractivity contribution in [1.82, 2.24) is 9.80 Å². The molecule has 1 saturated heterocycles. The molecule has 6 aliphatic rings. The molecule has 3 aromatic carbocycles. The van der Waals surface area contributed by atoms with E-state index < -0.39 is 24.5 Å². The second-order valence-electron chi connectivity index (χ2n) is 17.7. The Labute approximate surface area is 383 Å². The summed E-state index contributed by atoms with van der Waals surface area (Å²) in [5, 5.41) is 11.7. The molecule has 4 aliphatic heterocycles. The third-order valence-electron chi connectivity index (χ3n) is 13.2. The van der Waals surface area contributed by atoms with Crippen molar-refractivity contribution in [3.05, 3.63) is 96.7 Å². The van der Waals surface area contributed by atoms with Crippen LogP contribution in [0.1, 0.15) is 84.1 Å². The third-order valence-corrected chi connectivity index (χ3v) is 13.2. The zero-order valence-electron chi connectivity index (χ0n) is 37.4. The quantitative estimate of drug-likeness (QED) is 0.104. The van der Waals surface area contributed by atoms with Crippen LogP contribution in [0.3, 0.4) is 0 Å². The fraction of sp³-hybridized carbons (Fsp3) is 0.440. The molecule has 9 rings (SSSR count). The largest absolute Gasteiger partial charge is 0.497 e. The monoisotopic (exact) mass is 904 g/mol. The molecule has 0 radical (unpaired) electrons. The summed E-state index contributed by atoms with van der Waals surface area (Å²) in [5.41, 5.74) is 2.97. The van der Waals surface area contributed by atoms with Crippen LogP contribution in [0.4, 0.5) is 21.0 Å². The highest BCUT2D eigenvalue weighted by molar-refractivity contribution is 6.07. The van der Waals surface area contributed by atoms with Crippen molar-refractivity contribution < 1.29 is 57.4 Å². The Kier molecular flexibility index (Phi) is 12.6. The number of methoxy groups -OCH3 is 2. The van der Waals surface area contributed by atoms with E-state index in [2.05, 4.69) is 13.2 Å². The molecule has 1 spiro atoms. The molecule has 16 nitrogen and oxygen atoms in total. The van der Waals surface area contributed by atoms with Gasteiger partial charge >= 0.3 is 12.2 Å². The van der Waals surface area contributed by atoms with Crippen LogP contribution in [0.5, 0.6) is 28.7 Å². The normalized spacial score (nSPS) is 21.1. The van der Waals surface area contributed by atoms with E-state index >= 15 is 0 Å². The molecule has 4 heterocycles. The molecule has 348 valence electrons. The second-order valence-corrected chi connectivity index (χ2v) is 17.7. The van der Waals surface area contributed by atoms with Crippen molar-refractivity contribution >= 4 is 40.9 Å². The maximum Gasteiger partial charge on any atom is 0.416 e. The summed E-state index contributed by atoms with van der Waals surface area (Å²) in [6.45, 7) is 8.55. The molecular weight excluding hydrogens is 849 g/mol. The van der Waals surface area contributed by atoms with Crippen molar-refractivity contribution in [2.24, 2.45) is 5.41 Å². The fourth-order valence-electron chi connectivity index (χ4n) is 9.33. The summed E-state index contributed by atoms with van der Waals surface area (Å²) in [4.78, 5) is 61.6. The third kappa shape index (κ3) is 8.85. The summed E-state index contributed by atoms with van der Waals surface area (Å²) in [6.07, 6.45) is 8.86. The average molecular weight is 905 g/mol. The first-order chi connectivity index (χ1) is 32.0. The minimum absolute atomic E-state index is 0.00130. The number of aliphatic hydroxyl groups is 1. The second kappa shape index (κ2) is 18.7. The predicted octanol–water partition coefficient (Wildman–Crippen LogP) is 7.73. The highest BCUT2D eigenvalue weighted by Crippen LogP contribution is 2.57. The van der Waals surface area contributed by atoms with Gasteiger partial charge in [0, 0.05) is 24.9 Å². The number of carbonyl (C=O) groups excluding carboxylic acids is 4. The van der Waals surface area contributed by atoms with E-state index in [4.69, 9.17) is 33.2 Å². The fourth-order valence-corrected chi connectivity index (χ4v) is 9.33. The number of hydrogen-bond donors (Lipinski definition) is 1. The van der Waals surface area contributed by atoms with Crippen LogP contribution in [-0.2, 0) is 9.47 Å². The van der Waals surface area contributed by atoms with E-state index in [1.54, 1.807) is 41.2 Å². The number of ether oxygens (including phenoxy) is 7. The number of aliphatic hydroxyl groups excluding tert-OH is 1. The van der Waals surface area contributed by atoms with Gasteiger partial charge in [0.15, 0.2) is 29.2 Å². The Morgan fingerprint density at radius 2 is 1.45 bits per heavy atom. The van der Waals surface area contributed by atoms with Gasteiger partial charge in [-0.3, -0.25) is 14.5 Å². The summed E-state index contributed by atoms with van der Waals surface area (Å²) in [7, 11) is 3.10. The molecule has 3 atom stereocenters. The number of nitrogens with zero attached hydrogens (tertiary/aromatic N) is 4. The number of amides is 4. The first kappa shape index (κ1) is 44.5. The Morgan fingerprint density at radius 1 is 0.803 bits per heavy atom. The van der Waals surface area contributed by atoms with Gasteiger partial charge in [-0.2, -0.15) is 0 Å². The van der Waals surface area contributed by atoms with Crippen LogP contribution in [0.25, 0.3) is 5.57 Å². The molecule has 2 saturated carbocycles. The lowest BCUT2D eigenvalue weighted by Crippen LogP contribution is -2.50. The molecule has 4 amide bonds. The van der Waals surface area contributed by atoms with Crippen molar-refractivity contribution in [3.8, 4) is 28.7 Å². The first-order valence-electron chi connectivity index (χ1n) is 22.7. The zero-order valence-corrected chi connectivity index (χ0v) is 37.4. The van der Waals surface area contributed by atoms with Crippen LogP contribution in [-0.4, -0.2) is 117 Å². The van der Waals surface area contributed by atoms with E-state index in [1.807, 2.05) is 30.5 Å². The molecule has 2 aliphatic carbocycles. The Balaban J connectivity index is 0.885. The number of anilines is 2. The van der Waals surface area contributed by atoms with Crippen molar-refractivity contribution in [2.75, 3.05) is 63.5 Å². The van der Waals surface area contributed by atoms with E-state index in [-0.39, 0.29) is 67.0 Å². The van der Waals surface area contributed by atoms with E-state index in [0.717, 1.165) is 47.5 Å². The molecule has 3 fully saturated rings. The number of hydrogen-bond acceptors (Lipinski definition) is 12. The summed E-state index contributed by atoms with van der Waals surface area (Å²) in [5.74, 6) is 1.65.